The minimum absolute atomic E-state index is 0.171. The third kappa shape index (κ3) is 5.48. The number of carbonyl (C=O) groups is 2. The van der Waals surface area contributed by atoms with Crippen molar-refractivity contribution < 1.29 is 44.6 Å². The molecule has 1 aliphatic rings. The van der Waals surface area contributed by atoms with Crippen molar-refractivity contribution in [2.45, 2.75) is 49.3 Å². The lowest BCUT2D eigenvalue weighted by atomic mass is 9.88. The van der Waals surface area contributed by atoms with Gasteiger partial charge in [0.2, 0.25) is 5.91 Å². The molecule has 1 aromatic rings. The van der Waals surface area contributed by atoms with E-state index < -0.39 is 61.1 Å². The number of rotatable bonds is 9. The Kier molecular flexibility index (Phi) is 8.05. The second kappa shape index (κ2) is 10.1. The highest BCUT2D eigenvalue weighted by atomic mass is 16.7. The molecule has 0 aromatic heterocycles. The van der Waals surface area contributed by atoms with E-state index in [1.165, 1.54) is 0 Å². The Morgan fingerprint density at radius 3 is 2.52 bits per heavy atom. The van der Waals surface area contributed by atoms with Crippen LogP contribution in [0.3, 0.4) is 0 Å². The second-order valence-electron chi connectivity index (χ2n) is 6.73. The van der Waals surface area contributed by atoms with E-state index in [9.17, 15) is 30.0 Å². The van der Waals surface area contributed by atoms with Crippen molar-refractivity contribution in [3.8, 4) is 0 Å². The normalized spacial score (nSPS) is 29.1. The number of carboxylic acid groups (broad SMARTS) is 1. The first-order chi connectivity index (χ1) is 13.7. The Morgan fingerprint density at radius 2 is 1.97 bits per heavy atom. The summed E-state index contributed by atoms with van der Waals surface area (Å²) >= 11 is 0. The average molecular weight is 414 g/mol. The summed E-state index contributed by atoms with van der Waals surface area (Å²) in [6, 6.07) is 7.30. The maximum atomic E-state index is 12.0. The van der Waals surface area contributed by atoms with Crippen molar-refractivity contribution in [3.63, 3.8) is 0 Å². The van der Waals surface area contributed by atoms with Crippen molar-refractivity contribution in [1.82, 2.24) is 5.32 Å². The van der Waals surface area contributed by atoms with Gasteiger partial charge < -0.3 is 46.1 Å². The molecule has 11 heteroatoms. The Morgan fingerprint density at radius 1 is 1.31 bits per heavy atom. The molecule has 0 radical (unpaired) electrons. The number of hydrogen-bond donors (Lipinski definition) is 7. The highest BCUT2D eigenvalue weighted by Gasteiger charge is 2.55. The summed E-state index contributed by atoms with van der Waals surface area (Å²) in [5.41, 5.74) is 5.99. The molecule has 29 heavy (non-hydrogen) atoms. The van der Waals surface area contributed by atoms with Crippen molar-refractivity contribution in [2.75, 3.05) is 13.2 Å². The summed E-state index contributed by atoms with van der Waals surface area (Å²) in [7, 11) is 0. The first kappa shape index (κ1) is 23.2. The van der Waals surface area contributed by atoms with Crippen LogP contribution < -0.4 is 11.1 Å². The lowest BCUT2D eigenvalue weighted by Gasteiger charge is -2.46. The van der Waals surface area contributed by atoms with E-state index in [-0.39, 0.29) is 13.2 Å². The van der Waals surface area contributed by atoms with Gasteiger partial charge in [0, 0.05) is 13.0 Å². The summed E-state index contributed by atoms with van der Waals surface area (Å²) < 4.78 is 11.0. The number of carboxylic acids is 1. The van der Waals surface area contributed by atoms with E-state index >= 15 is 0 Å². The van der Waals surface area contributed by atoms with E-state index in [1.807, 2.05) is 0 Å². The third-order valence-electron chi connectivity index (χ3n) is 4.66. The molecule has 1 heterocycles. The lowest BCUT2D eigenvalue weighted by Crippen LogP contribution is -2.68. The van der Waals surface area contributed by atoms with Crippen molar-refractivity contribution in [1.29, 1.82) is 0 Å². The molecule has 162 valence electrons. The minimum Gasteiger partial charge on any atom is -0.477 e. The number of aliphatic hydroxyl groups excluding tert-OH is 4. The van der Waals surface area contributed by atoms with Crippen LogP contribution in [0.15, 0.2) is 30.3 Å². The molecule has 0 bridgehead atoms. The second-order valence-corrected chi connectivity index (χ2v) is 6.73. The predicted molar refractivity (Wildman–Crippen MR) is 97.2 cm³/mol. The molecule has 6 unspecified atom stereocenters. The van der Waals surface area contributed by atoms with Crippen molar-refractivity contribution in [2.24, 2.45) is 5.73 Å². The SMILES string of the molecule is NCC(O)C(O)C1OC(OCc2ccccc2)(C(=O)O)CC(O)C1NC(=O)CO. The van der Waals surface area contributed by atoms with Crippen LogP contribution >= 0.6 is 0 Å². The highest BCUT2D eigenvalue weighted by molar-refractivity contribution is 5.78. The topological polar surface area (TPSA) is 192 Å². The van der Waals surface area contributed by atoms with Crippen LogP contribution in [0.4, 0.5) is 0 Å². The molecule has 1 aromatic carbocycles. The zero-order valence-corrected chi connectivity index (χ0v) is 15.5. The largest absolute Gasteiger partial charge is 0.477 e. The first-order valence-electron chi connectivity index (χ1n) is 8.97. The summed E-state index contributed by atoms with van der Waals surface area (Å²) in [5, 5.41) is 51.8. The fourth-order valence-electron chi connectivity index (χ4n) is 3.08. The van der Waals surface area contributed by atoms with Crippen LogP contribution in [0, 0.1) is 0 Å². The summed E-state index contributed by atoms with van der Waals surface area (Å²) in [5.74, 6) is -4.79. The van der Waals surface area contributed by atoms with E-state index in [0.717, 1.165) is 0 Å². The van der Waals surface area contributed by atoms with E-state index in [0.29, 0.717) is 5.56 Å². The average Bonchev–Trinajstić information content (AvgIpc) is 2.73. The van der Waals surface area contributed by atoms with Gasteiger partial charge in [-0.15, -0.1) is 0 Å². The van der Waals surface area contributed by atoms with Crippen LogP contribution in [0.25, 0.3) is 0 Å². The summed E-state index contributed by atoms with van der Waals surface area (Å²) in [6.45, 7) is -1.46. The lowest BCUT2D eigenvalue weighted by molar-refractivity contribution is -0.314. The molecular weight excluding hydrogens is 388 g/mol. The quantitative estimate of drug-likeness (QED) is 0.223. The third-order valence-corrected chi connectivity index (χ3v) is 4.66. The van der Waals surface area contributed by atoms with Gasteiger partial charge in [-0.1, -0.05) is 30.3 Å². The molecule has 11 nitrogen and oxygen atoms in total. The minimum atomic E-state index is -2.35. The molecule has 6 atom stereocenters. The number of benzene rings is 1. The molecule has 0 saturated carbocycles. The molecule has 8 N–H and O–H groups in total. The van der Waals surface area contributed by atoms with Gasteiger partial charge in [-0.3, -0.25) is 4.79 Å². The molecule has 1 amide bonds. The first-order valence-corrected chi connectivity index (χ1v) is 8.97. The molecule has 1 saturated heterocycles. The molecule has 1 aliphatic heterocycles. The van der Waals surface area contributed by atoms with Gasteiger partial charge in [-0.2, -0.15) is 0 Å². The highest BCUT2D eigenvalue weighted by Crippen LogP contribution is 2.34. The zero-order chi connectivity index (χ0) is 21.6. The van der Waals surface area contributed by atoms with E-state index in [4.69, 9.17) is 20.3 Å². The predicted octanol–water partition coefficient (Wildman–Crippen LogP) is -2.71. The van der Waals surface area contributed by atoms with Gasteiger partial charge in [-0.05, 0) is 5.56 Å². The smallest absolute Gasteiger partial charge is 0.364 e. The number of carbonyl (C=O) groups excluding carboxylic acids is 1. The molecular formula is C18H26N2O9. The number of aliphatic hydroxyl groups is 4. The fraction of sp³-hybridized carbons (Fsp3) is 0.556. The molecule has 2 rings (SSSR count). The molecule has 1 fully saturated rings. The Labute approximate surface area is 166 Å². The van der Waals surface area contributed by atoms with Crippen LogP contribution in [-0.4, -0.2) is 86.8 Å². The molecule has 0 aliphatic carbocycles. The number of hydrogen-bond acceptors (Lipinski definition) is 9. The summed E-state index contributed by atoms with van der Waals surface area (Å²) in [4.78, 5) is 23.6. The monoisotopic (exact) mass is 414 g/mol. The Bertz CT molecular complexity index is 689. The number of nitrogens with two attached hydrogens (primary N) is 1. The zero-order valence-electron chi connectivity index (χ0n) is 15.5. The number of nitrogens with one attached hydrogen (secondary N) is 1. The van der Waals surface area contributed by atoms with Crippen LogP contribution in [0.1, 0.15) is 12.0 Å². The van der Waals surface area contributed by atoms with E-state index in [2.05, 4.69) is 5.32 Å². The number of amides is 1. The van der Waals surface area contributed by atoms with Crippen LogP contribution in [0.5, 0.6) is 0 Å². The number of aliphatic carboxylic acids is 1. The molecule has 0 spiro atoms. The standard InChI is InChI=1S/C18H26N2O9/c19-7-12(23)15(25)16-14(20-13(24)8-21)11(22)6-18(29-16,17(26)27)28-9-10-4-2-1-3-5-10/h1-5,11-12,14-16,21-23,25H,6-9,19H2,(H,20,24)(H,26,27). The van der Waals surface area contributed by atoms with Gasteiger partial charge in [-0.25, -0.2) is 4.79 Å². The maximum absolute atomic E-state index is 12.0. The summed E-state index contributed by atoms with van der Waals surface area (Å²) in [6.07, 6.45) is -6.97. The van der Waals surface area contributed by atoms with Gasteiger partial charge in [0.15, 0.2) is 0 Å². The van der Waals surface area contributed by atoms with Gasteiger partial charge in [0.25, 0.3) is 5.79 Å². The van der Waals surface area contributed by atoms with E-state index in [1.54, 1.807) is 30.3 Å². The number of ether oxygens (including phenoxy) is 2. The van der Waals surface area contributed by atoms with Crippen LogP contribution in [-0.2, 0) is 25.7 Å². The van der Waals surface area contributed by atoms with Gasteiger partial charge in [0.1, 0.15) is 18.8 Å². The Hall–Kier alpha value is -2.12. The maximum Gasteiger partial charge on any atom is 0.364 e. The van der Waals surface area contributed by atoms with Crippen LogP contribution in [0.2, 0.25) is 0 Å². The van der Waals surface area contributed by atoms with Gasteiger partial charge >= 0.3 is 5.97 Å². The Balaban J connectivity index is 2.31. The fourth-order valence-corrected chi connectivity index (χ4v) is 3.08. The van der Waals surface area contributed by atoms with Crippen molar-refractivity contribution in [3.05, 3.63) is 35.9 Å². The van der Waals surface area contributed by atoms with Crippen molar-refractivity contribution >= 4 is 11.9 Å². The van der Waals surface area contributed by atoms with Gasteiger partial charge in [0.05, 0.1) is 24.9 Å².